The summed E-state index contributed by atoms with van der Waals surface area (Å²) >= 11 is 0. The predicted molar refractivity (Wildman–Crippen MR) is 137 cm³/mol. The number of guanidine groups is 1. The fourth-order valence-electron chi connectivity index (χ4n) is 3.08. The van der Waals surface area contributed by atoms with Gasteiger partial charge in [0.25, 0.3) is 0 Å². The van der Waals surface area contributed by atoms with Crippen molar-refractivity contribution < 1.29 is 12.8 Å². The summed E-state index contributed by atoms with van der Waals surface area (Å²) in [5.41, 5.74) is 3.45. The third kappa shape index (κ3) is 9.14. The number of benzene rings is 2. The molecule has 8 heteroatoms. The van der Waals surface area contributed by atoms with Gasteiger partial charge >= 0.3 is 0 Å². The molecule has 0 aromatic heterocycles. The van der Waals surface area contributed by atoms with Gasteiger partial charge in [-0.05, 0) is 42.7 Å². The Bertz CT molecular complexity index is 990. The van der Waals surface area contributed by atoms with Gasteiger partial charge in [0, 0.05) is 24.8 Å². The first kappa shape index (κ1) is 27.4. The molecule has 0 heterocycles. The fraction of sp³-hybridized carbons (Fsp3) is 0.435. The van der Waals surface area contributed by atoms with E-state index < -0.39 is 15.7 Å². The van der Waals surface area contributed by atoms with Crippen LogP contribution in [-0.2, 0) is 27.5 Å². The molecule has 2 aromatic rings. The summed E-state index contributed by atoms with van der Waals surface area (Å²) < 4.78 is 37.1. The lowest BCUT2D eigenvalue weighted by atomic mass is 9.84. The minimum absolute atomic E-state index is 0. The molecule has 0 saturated heterocycles. The normalized spacial score (nSPS) is 12.3. The SMILES string of the molecule is CCNC(=NCc1cc(F)ccc1CS(C)(=O)=O)NCC(C)(C)c1ccc(C)cc1.I. The maximum atomic E-state index is 13.7. The highest BCUT2D eigenvalue weighted by Gasteiger charge is 2.21. The van der Waals surface area contributed by atoms with Crippen molar-refractivity contribution in [2.24, 2.45) is 4.99 Å². The first-order valence-electron chi connectivity index (χ1n) is 10.0. The van der Waals surface area contributed by atoms with Gasteiger partial charge in [-0.1, -0.05) is 49.7 Å². The molecular formula is C23H33FIN3O2S. The van der Waals surface area contributed by atoms with Crippen molar-refractivity contribution in [2.75, 3.05) is 19.3 Å². The Balaban J connectivity index is 0.00000480. The van der Waals surface area contributed by atoms with Gasteiger partial charge in [-0.25, -0.2) is 17.8 Å². The zero-order valence-electron chi connectivity index (χ0n) is 18.8. The van der Waals surface area contributed by atoms with E-state index in [1.54, 1.807) is 0 Å². The summed E-state index contributed by atoms with van der Waals surface area (Å²) in [6.07, 6.45) is 1.17. The van der Waals surface area contributed by atoms with E-state index in [0.717, 1.165) is 0 Å². The summed E-state index contributed by atoms with van der Waals surface area (Å²) in [6, 6.07) is 12.6. The Hall–Kier alpha value is -1.68. The molecule has 0 bridgehead atoms. The maximum absolute atomic E-state index is 13.7. The highest BCUT2D eigenvalue weighted by atomic mass is 127. The van der Waals surface area contributed by atoms with Gasteiger partial charge in [0.2, 0.25) is 0 Å². The number of rotatable bonds is 8. The van der Waals surface area contributed by atoms with Crippen LogP contribution in [0.15, 0.2) is 47.5 Å². The van der Waals surface area contributed by atoms with Crippen LogP contribution in [-0.4, -0.2) is 33.7 Å². The van der Waals surface area contributed by atoms with E-state index in [9.17, 15) is 12.8 Å². The number of aliphatic imine (C=N–C) groups is 1. The van der Waals surface area contributed by atoms with E-state index >= 15 is 0 Å². The highest BCUT2D eigenvalue weighted by molar-refractivity contribution is 14.0. The first-order valence-corrected chi connectivity index (χ1v) is 12.1. The Morgan fingerprint density at radius 1 is 1.06 bits per heavy atom. The second-order valence-corrected chi connectivity index (χ2v) is 10.4. The highest BCUT2D eigenvalue weighted by Crippen LogP contribution is 2.22. The van der Waals surface area contributed by atoms with E-state index in [4.69, 9.17) is 0 Å². The molecule has 0 aliphatic carbocycles. The second-order valence-electron chi connectivity index (χ2n) is 8.28. The van der Waals surface area contributed by atoms with Gasteiger partial charge in [-0.15, -0.1) is 24.0 Å². The zero-order valence-corrected chi connectivity index (χ0v) is 22.0. The summed E-state index contributed by atoms with van der Waals surface area (Å²) in [7, 11) is -3.23. The summed E-state index contributed by atoms with van der Waals surface area (Å²) in [4.78, 5) is 4.56. The number of hydrogen-bond donors (Lipinski definition) is 2. The van der Waals surface area contributed by atoms with E-state index in [1.807, 2.05) is 6.92 Å². The molecule has 31 heavy (non-hydrogen) atoms. The monoisotopic (exact) mass is 561 g/mol. The predicted octanol–water partition coefficient (Wildman–Crippen LogP) is 4.33. The van der Waals surface area contributed by atoms with Gasteiger partial charge in [0.05, 0.1) is 12.3 Å². The topological polar surface area (TPSA) is 70.6 Å². The molecule has 0 aliphatic heterocycles. The molecule has 0 aliphatic rings. The molecular weight excluding hydrogens is 528 g/mol. The Labute approximate surface area is 202 Å². The Kier molecular flexibility index (Phi) is 10.4. The molecule has 0 saturated carbocycles. The standard InChI is InChI=1S/C23H32FN3O2S.HI/c1-6-25-22(27-16-23(3,4)20-10-7-17(2)8-11-20)26-14-19-13-21(24)12-9-18(19)15-30(5,28)29;/h7-13H,6,14-16H2,1-5H3,(H2,25,26,27);1H. The van der Waals surface area contributed by atoms with Crippen molar-refractivity contribution in [1.29, 1.82) is 0 Å². The molecule has 0 amide bonds. The molecule has 0 unspecified atom stereocenters. The van der Waals surface area contributed by atoms with Crippen LogP contribution < -0.4 is 10.6 Å². The molecule has 2 aromatic carbocycles. The molecule has 0 radical (unpaired) electrons. The van der Waals surface area contributed by atoms with Crippen LogP contribution in [0.1, 0.15) is 43.0 Å². The van der Waals surface area contributed by atoms with Gasteiger partial charge in [0.1, 0.15) is 5.82 Å². The van der Waals surface area contributed by atoms with Crippen LogP contribution in [0.5, 0.6) is 0 Å². The minimum Gasteiger partial charge on any atom is -0.357 e. The number of nitrogens with one attached hydrogen (secondary N) is 2. The van der Waals surface area contributed by atoms with Crippen molar-refractivity contribution >= 4 is 39.8 Å². The Morgan fingerprint density at radius 2 is 1.71 bits per heavy atom. The van der Waals surface area contributed by atoms with E-state index in [1.165, 1.54) is 35.6 Å². The van der Waals surface area contributed by atoms with Crippen LogP contribution in [0.3, 0.4) is 0 Å². The molecule has 0 atom stereocenters. The lowest BCUT2D eigenvalue weighted by molar-refractivity contribution is 0.508. The van der Waals surface area contributed by atoms with Crippen LogP contribution in [0.4, 0.5) is 4.39 Å². The van der Waals surface area contributed by atoms with Crippen molar-refractivity contribution in [3.05, 3.63) is 70.5 Å². The van der Waals surface area contributed by atoms with Crippen molar-refractivity contribution in [3.8, 4) is 0 Å². The third-order valence-electron chi connectivity index (χ3n) is 4.87. The number of sulfone groups is 1. The van der Waals surface area contributed by atoms with Crippen molar-refractivity contribution in [2.45, 2.75) is 45.4 Å². The number of hydrogen-bond acceptors (Lipinski definition) is 3. The van der Waals surface area contributed by atoms with Gasteiger partial charge < -0.3 is 10.6 Å². The molecule has 5 nitrogen and oxygen atoms in total. The van der Waals surface area contributed by atoms with Crippen molar-refractivity contribution in [1.82, 2.24) is 10.6 Å². The average Bonchev–Trinajstić information content (AvgIpc) is 2.65. The third-order valence-corrected chi connectivity index (χ3v) is 5.70. The largest absolute Gasteiger partial charge is 0.357 e. The van der Waals surface area contributed by atoms with E-state index in [0.29, 0.717) is 30.2 Å². The zero-order chi connectivity index (χ0) is 22.4. The quantitative estimate of drug-likeness (QED) is 0.286. The van der Waals surface area contributed by atoms with Crippen LogP contribution in [0, 0.1) is 12.7 Å². The smallest absolute Gasteiger partial charge is 0.191 e. The van der Waals surface area contributed by atoms with Crippen LogP contribution >= 0.6 is 24.0 Å². The van der Waals surface area contributed by atoms with Crippen LogP contribution in [0.25, 0.3) is 0 Å². The number of halogens is 2. The average molecular weight is 562 g/mol. The molecule has 2 rings (SSSR count). The number of aryl methyl sites for hydroxylation is 1. The van der Waals surface area contributed by atoms with E-state index in [2.05, 4.69) is 60.7 Å². The van der Waals surface area contributed by atoms with E-state index in [-0.39, 0.29) is 41.7 Å². The summed E-state index contributed by atoms with van der Waals surface area (Å²) in [5.74, 6) is 0.0610. The van der Waals surface area contributed by atoms with Gasteiger partial charge in [0.15, 0.2) is 15.8 Å². The van der Waals surface area contributed by atoms with Crippen molar-refractivity contribution in [3.63, 3.8) is 0 Å². The Morgan fingerprint density at radius 3 is 2.29 bits per heavy atom. The van der Waals surface area contributed by atoms with Gasteiger partial charge in [-0.2, -0.15) is 0 Å². The lowest BCUT2D eigenvalue weighted by Gasteiger charge is -2.27. The molecule has 0 fully saturated rings. The molecule has 2 N–H and O–H groups in total. The van der Waals surface area contributed by atoms with Crippen LogP contribution in [0.2, 0.25) is 0 Å². The number of nitrogens with zero attached hydrogens (tertiary/aromatic N) is 1. The van der Waals surface area contributed by atoms with Gasteiger partial charge in [-0.3, -0.25) is 0 Å². The molecule has 172 valence electrons. The summed E-state index contributed by atoms with van der Waals surface area (Å²) in [6.45, 7) is 9.87. The maximum Gasteiger partial charge on any atom is 0.191 e. The molecule has 0 spiro atoms. The first-order chi connectivity index (χ1) is 14.0. The fourth-order valence-corrected chi connectivity index (χ4v) is 3.93. The minimum atomic E-state index is -3.23. The lowest BCUT2D eigenvalue weighted by Crippen LogP contribution is -2.43. The summed E-state index contributed by atoms with van der Waals surface area (Å²) in [5, 5.41) is 6.55. The second kappa shape index (κ2) is 11.8.